The molecule has 0 saturated carbocycles. The van der Waals surface area contributed by atoms with E-state index < -0.39 is 0 Å². The molecule has 2 aromatic rings. The monoisotopic (exact) mass is 161 g/mol. The van der Waals surface area contributed by atoms with Gasteiger partial charge < -0.3 is 4.74 Å². The van der Waals surface area contributed by atoms with Crippen LogP contribution < -0.4 is 4.74 Å². The highest BCUT2D eigenvalue weighted by molar-refractivity contribution is 5.73. The van der Waals surface area contributed by atoms with Crippen molar-refractivity contribution < 1.29 is 4.74 Å². The molecule has 0 aliphatic heterocycles. The van der Waals surface area contributed by atoms with E-state index in [1.807, 2.05) is 24.3 Å². The minimum atomic E-state index is 0.300. The van der Waals surface area contributed by atoms with Crippen molar-refractivity contribution in [3.63, 3.8) is 0 Å². The number of para-hydroxylation sites is 1. The Morgan fingerprint density at radius 2 is 1.83 bits per heavy atom. The molecule has 1 aromatic heterocycles. The van der Waals surface area contributed by atoms with E-state index in [4.69, 9.17) is 4.74 Å². The van der Waals surface area contributed by atoms with E-state index in [0.717, 1.165) is 11.0 Å². The molecule has 4 heteroatoms. The number of hydrogen-bond donors (Lipinski definition) is 0. The average molecular weight is 161 g/mol. The predicted molar refractivity (Wildman–Crippen MR) is 43.9 cm³/mol. The van der Waals surface area contributed by atoms with Gasteiger partial charge in [0.05, 0.1) is 12.6 Å². The van der Waals surface area contributed by atoms with Gasteiger partial charge in [0.2, 0.25) is 0 Å². The highest BCUT2D eigenvalue weighted by atomic mass is 16.5. The first-order chi connectivity index (χ1) is 5.90. The molecule has 0 aliphatic carbocycles. The second-order valence-electron chi connectivity index (χ2n) is 2.29. The van der Waals surface area contributed by atoms with Gasteiger partial charge in [0.1, 0.15) is 5.52 Å². The molecule has 0 aliphatic rings. The number of methoxy groups -OCH3 is 1. The van der Waals surface area contributed by atoms with Crippen molar-refractivity contribution in [2.75, 3.05) is 7.11 Å². The third-order valence-corrected chi connectivity index (χ3v) is 1.52. The average Bonchev–Trinajstić information content (AvgIpc) is 2.17. The van der Waals surface area contributed by atoms with E-state index in [9.17, 15) is 0 Å². The fraction of sp³-hybridized carbons (Fsp3) is 0.125. The Balaban J connectivity index is 2.67. The van der Waals surface area contributed by atoms with Crippen LogP contribution in [0.2, 0.25) is 0 Å². The second kappa shape index (κ2) is 2.73. The van der Waals surface area contributed by atoms with E-state index >= 15 is 0 Å². The predicted octanol–water partition coefficient (Wildman–Crippen LogP) is 1.03. The van der Waals surface area contributed by atoms with Crippen molar-refractivity contribution in [2.24, 2.45) is 0 Å². The summed E-state index contributed by atoms with van der Waals surface area (Å²) in [7, 11) is 1.52. The summed E-state index contributed by atoms with van der Waals surface area (Å²) in [5.74, 6) is 0. The normalized spacial score (nSPS) is 10.1. The Labute approximate surface area is 69.2 Å². The van der Waals surface area contributed by atoms with Crippen molar-refractivity contribution in [1.29, 1.82) is 0 Å². The van der Waals surface area contributed by atoms with Crippen molar-refractivity contribution in [3.8, 4) is 6.01 Å². The van der Waals surface area contributed by atoms with E-state index in [1.165, 1.54) is 7.11 Å². The largest absolute Gasteiger partial charge is 0.466 e. The molecule has 0 atom stereocenters. The number of hydrogen-bond acceptors (Lipinski definition) is 4. The van der Waals surface area contributed by atoms with Crippen LogP contribution in [-0.2, 0) is 0 Å². The van der Waals surface area contributed by atoms with Crippen LogP contribution in [0, 0.1) is 0 Å². The fourth-order valence-electron chi connectivity index (χ4n) is 0.952. The Bertz CT molecular complexity index is 402. The molecule has 0 unspecified atom stereocenters. The minimum absolute atomic E-state index is 0.300. The first-order valence-corrected chi connectivity index (χ1v) is 3.53. The minimum Gasteiger partial charge on any atom is -0.466 e. The Hall–Kier alpha value is -1.71. The van der Waals surface area contributed by atoms with E-state index in [-0.39, 0.29) is 0 Å². The maximum absolute atomic E-state index is 4.84. The molecule has 0 radical (unpaired) electrons. The van der Waals surface area contributed by atoms with Gasteiger partial charge in [-0.15, -0.1) is 5.10 Å². The standard InChI is InChI=1S/C8H7N3O/c1-12-8-9-6-4-2-3-5-7(6)10-11-8/h2-5H,1H3. The number of fused-ring (bicyclic) bond motifs is 1. The van der Waals surface area contributed by atoms with Gasteiger partial charge >= 0.3 is 6.01 Å². The first-order valence-electron chi connectivity index (χ1n) is 3.53. The summed E-state index contributed by atoms with van der Waals surface area (Å²) in [5.41, 5.74) is 1.57. The number of ether oxygens (including phenoxy) is 1. The van der Waals surface area contributed by atoms with Gasteiger partial charge in [-0.1, -0.05) is 17.2 Å². The summed E-state index contributed by atoms with van der Waals surface area (Å²) < 4.78 is 4.84. The molecular formula is C8H7N3O. The van der Waals surface area contributed by atoms with Gasteiger partial charge in [-0.2, -0.15) is 4.98 Å². The number of benzene rings is 1. The Morgan fingerprint density at radius 1 is 1.08 bits per heavy atom. The van der Waals surface area contributed by atoms with Gasteiger partial charge in [0, 0.05) is 0 Å². The van der Waals surface area contributed by atoms with Crippen LogP contribution >= 0.6 is 0 Å². The van der Waals surface area contributed by atoms with Gasteiger partial charge in [-0.05, 0) is 12.1 Å². The summed E-state index contributed by atoms with van der Waals surface area (Å²) in [6.07, 6.45) is 0. The molecule has 60 valence electrons. The van der Waals surface area contributed by atoms with Crippen molar-refractivity contribution in [1.82, 2.24) is 15.2 Å². The topological polar surface area (TPSA) is 47.9 Å². The lowest BCUT2D eigenvalue weighted by atomic mass is 10.3. The molecule has 0 amide bonds. The highest BCUT2D eigenvalue weighted by Gasteiger charge is 1.98. The number of nitrogens with zero attached hydrogens (tertiary/aromatic N) is 3. The zero-order chi connectivity index (χ0) is 8.39. The lowest BCUT2D eigenvalue weighted by molar-refractivity contribution is 0.376. The Kier molecular flexibility index (Phi) is 1.59. The molecule has 0 bridgehead atoms. The highest BCUT2D eigenvalue weighted by Crippen LogP contribution is 2.08. The van der Waals surface area contributed by atoms with E-state index in [1.54, 1.807) is 0 Å². The van der Waals surface area contributed by atoms with Gasteiger partial charge in [-0.3, -0.25) is 0 Å². The Morgan fingerprint density at radius 3 is 2.58 bits per heavy atom. The van der Waals surface area contributed by atoms with Crippen LogP contribution in [0.25, 0.3) is 11.0 Å². The van der Waals surface area contributed by atoms with Crippen molar-refractivity contribution in [3.05, 3.63) is 24.3 Å². The van der Waals surface area contributed by atoms with Crippen LogP contribution in [0.1, 0.15) is 0 Å². The smallest absolute Gasteiger partial charge is 0.335 e. The van der Waals surface area contributed by atoms with Crippen LogP contribution in [0.5, 0.6) is 6.01 Å². The fourth-order valence-corrected chi connectivity index (χ4v) is 0.952. The van der Waals surface area contributed by atoms with Crippen LogP contribution in [0.15, 0.2) is 24.3 Å². The van der Waals surface area contributed by atoms with Gasteiger partial charge in [0.15, 0.2) is 0 Å². The third-order valence-electron chi connectivity index (χ3n) is 1.52. The maximum atomic E-state index is 4.84. The van der Waals surface area contributed by atoms with Crippen LogP contribution in [-0.4, -0.2) is 22.3 Å². The molecule has 1 heterocycles. The molecule has 0 fully saturated rings. The first kappa shape index (κ1) is 6.97. The molecule has 12 heavy (non-hydrogen) atoms. The summed E-state index contributed by atoms with van der Waals surface area (Å²) in [6.45, 7) is 0. The zero-order valence-corrected chi connectivity index (χ0v) is 6.56. The molecule has 2 rings (SSSR count). The molecular weight excluding hydrogens is 154 g/mol. The maximum Gasteiger partial charge on any atom is 0.335 e. The van der Waals surface area contributed by atoms with Gasteiger partial charge in [0.25, 0.3) is 0 Å². The number of aromatic nitrogens is 3. The lowest BCUT2D eigenvalue weighted by Crippen LogP contribution is -1.94. The zero-order valence-electron chi connectivity index (χ0n) is 6.56. The van der Waals surface area contributed by atoms with Crippen LogP contribution in [0.4, 0.5) is 0 Å². The van der Waals surface area contributed by atoms with E-state index in [2.05, 4.69) is 15.2 Å². The molecule has 0 N–H and O–H groups in total. The van der Waals surface area contributed by atoms with E-state index in [0.29, 0.717) is 6.01 Å². The molecule has 0 spiro atoms. The quantitative estimate of drug-likeness (QED) is 0.626. The third kappa shape index (κ3) is 1.07. The second-order valence-corrected chi connectivity index (χ2v) is 2.29. The van der Waals surface area contributed by atoms with Gasteiger partial charge in [-0.25, -0.2) is 0 Å². The summed E-state index contributed by atoms with van der Waals surface area (Å²) in [6, 6.07) is 7.82. The SMILES string of the molecule is COc1nnc2ccccc2n1. The molecule has 1 aromatic carbocycles. The summed E-state index contributed by atoms with van der Waals surface area (Å²) in [5, 5.41) is 7.66. The van der Waals surface area contributed by atoms with Crippen molar-refractivity contribution in [2.45, 2.75) is 0 Å². The number of rotatable bonds is 1. The lowest BCUT2D eigenvalue weighted by Gasteiger charge is -1.97. The van der Waals surface area contributed by atoms with Crippen molar-refractivity contribution >= 4 is 11.0 Å². The summed E-state index contributed by atoms with van der Waals surface area (Å²) in [4.78, 5) is 4.10. The molecule has 0 saturated heterocycles. The summed E-state index contributed by atoms with van der Waals surface area (Å²) >= 11 is 0. The van der Waals surface area contributed by atoms with Crippen LogP contribution in [0.3, 0.4) is 0 Å². The molecule has 4 nitrogen and oxygen atoms in total.